The van der Waals surface area contributed by atoms with E-state index in [1.165, 1.54) is 0 Å². The van der Waals surface area contributed by atoms with Crippen LogP contribution in [0.15, 0.2) is 18.2 Å². The number of anilines is 1. The van der Waals surface area contributed by atoms with Gasteiger partial charge in [0.15, 0.2) is 0 Å². The average molecular weight is 319 g/mol. The highest BCUT2D eigenvalue weighted by atomic mass is 16.5. The Labute approximate surface area is 134 Å². The molecule has 0 unspecified atom stereocenters. The summed E-state index contributed by atoms with van der Waals surface area (Å²) in [5.74, 6) is -1.26. The molecule has 2 atom stereocenters. The van der Waals surface area contributed by atoms with Gasteiger partial charge in [-0.15, -0.1) is 0 Å². The summed E-state index contributed by atoms with van der Waals surface area (Å²) in [4.78, 5) is 22.8. The second-order valence-electron chi connectivity index (χ2n) is 6.19. The maximum Gasteiger partial charge on any atom is 0.307 e. The van der Waals surface area contributed by atoms with Crippen LogP contribution in [0.2, 0.25) is 0 Å². The Balaban J connectivity index is 1.58. The molecule has 1 saturated heterocycles. The monoisotopic (exact) mass is 319 g/mol. The minimum Gasteiger partial charge on any atom is -0.490 e. The first-order valence-electron chi connectivity index (χ1n) is 7.93. The smallest absolute Gasteiger partial charge is 0.307 e. The number of amides is 1. The topological polar surface area (TPSA) is 84.9 Å². The van der Waals surface area contributed by atoms with E-state index in [0.29, 0.717) is 12.1 Å². The first-order valence-corrected chi connectivity index (χ1v) is 7.93. The highest BCUT2D eigenvalue weighted by Gasteiger charge is 2.48. The number of aliphatic carboxylic acids is 1. The second kappa shape index (κ2) is 6.58. The van der Waals surface area contributed by atoms with E-state index in [-0.39, 0.29) is 12.0 Å². The fraction of sp³-hybridized carbons (Fsp3) is 0.529. The van der Waals surface area contributed by atoms with Crippen molar-refractivity contribution in [3.63, 3.8) is 0 Å². The molecule has 124 valence electrons. The summed E-state index contributed by atoms with van der Waals surface area (Å²) >= 11 is 0. The van der Waals surface area contributed by atoms with Crippen molar-refractivity contribution in [1.29, 1.82) is 0 Å². The van der Waals surface area contributed by atoms with Crippen LogP contribution in [-0.2, 0) is 14.3 Å². The van der Waals surface area contributed by atoms with Crippen LogP contribution in [0.3, 0.4) is 0 Å². The number of hydrogen-bond donors (Lipinski definition) is 2. The van der Waals surface area contributed by atoms with Crippen molar-refractivity contribution in [2.75, 3.05) is 18.5 Å². The van der Waals surface area contributed by atoms with Crippen molar-refractivity contribution in [3.05, 3.63) is 23.8 Å². The molecule has 1 amide bonds. The van der Waals surface area contributed by atoms with Crippen LogP contribution >= 0.6 is 0 Å². The highest BCUT2D eigenvalue weighted by molar-refractivity contribution is 5.98. The fourth-order valence-corrected chi connectivity index (χ4v) is 2.83. The number of carbonyl (C=O) groups excluding carboxylic acids is 1. The predicted octanol–water partition coefficient (Wildman–Crippen LogP) is 2.21. The molecule has 3 rings (SSSR count). The average Bonchev–Trinajstić information content (AvgIpc) is 3.32. The summed E-state index contributed by atoms with van der Waals surface area (Å²) in [6.07, 6.45) is 2.36. The molecular formula is C17H21NO5. The van der Waals surface area contributed by atoms with Gasteiger partial charge in [0.2, 0.25) is 5.91 Å². The minimum absolute atomic E-state index is 0.172. The Bertz CT molecular complexity index is 609. The summed E-state index contributed by atoms with van der Waals surface area (Å²) in [6, 6.07) is 5.49. The fourth-order valence-electron chi connectivity index (χ4n) is 2.83. The number of nitrogens with one attached hydrogen (secondary N) is 1. The molecule has 0 bridgehead atoms. The Kier molecular flexibility index (Phi) is 4.52. The number of carbonyl (C=O) groups is 2. The van der Waals surface area contributed by atoms with Crippen molar-refractivity contribution < 1.29 is 24.2 Å². The Hall–Kier alpha value is -2.08. The molecule has 2 N–H and O–H groups in total. The standard InChI is InChI=1S/C17H21NO5/c1-10-8-11(18-16(19)13-9-14(13)17(20)21)2-3-15(10)23-12-4-6-22-7-5-12/h2-3,8,12-14H,4-7,9H2,1H3,(H,18,19)(H,20,21)/t13-,14+/m1/s1. The van der Waals surface area contributed by atoms with Gasteiger partial charge in [0.25, 0.3) is 0 Å². The molecular weight excluding hydrogens is 298 g/mol. The van der Waals surface area contributed by atoms with Gasteiger partial charge in [-0.05, 0) is 37.1 Å². The van der Waals surface area contributed by atoms with Gasteiger partial charge in [-0.2, -0.15) is 0 Å². The predicted molar refractivity (Wildman–Crippen MR) is 83.5 cm³/mol. The molecule has 1 aromatic carbocycles. The first kappa shape index (κ1) is 15.8. The molecule has 2 aliphatic rings. The van der Waals surface area contributed by atoms with E-state index >= 15 is 0 Å². The zero-order valence-corrected chi connectivity index (χ0v) is 13.1. The molecule has 6 heteroatoms. The van der Waals surface area contributed by atoms with Crippen LogP contribution in [0.4, 0.5) is 5.69 Å². The van der Waals surface area contributed by atoms with Gasteiger partial charge < -0.3 is 19.9 Å². The van der Waals surface area contributed by atoms with Crippen LogP contribution < -0.4 is 10.1 Å². The third kappa shape index (κ3) is 3.82. The molecule has 1 aliphatic carbocycles. The van der Waals surface area contributed by atoms with Crippen LogP contribution in [0.25, 0.3) is 0 Å². The van der Waals surface area contributed by atoms with Crippen LogP contribution in [0.1, 0.15) is 24.8 Å². The number of ether oxygens (including phenoxy) is 2. The van der Waals surface area contributed by atoms with E-state index in [2.05, 4.69) is 5.32 Å². The third-order valence-corrected chi connectivity index (χ3v) is 4.35. The van der Waals surface area contributed by atoms with E-state index in [4.69, 9.17) is 14.6 Å². The molecule has 1 saturated carbocycles. The molecule has 2 fully saturated rings. The zero-order valence-electron chi connectivity index (χ0n) is 13.1. The van der Waals surface area contributed by atoms with Crippen molar-refractivity contribution in [3.8, 4) is 5.75 Å². The Morgan fingerprint density at radius 2 is 2.00 bits per heavy atom. The van der Waals surface area contributed by atoms with Crippen molar-refractivity contribution in [1.82, 2.24) is 0 Å². The number of carboxylic acid groups (broad SMARTS) is 1. The van der Waals surface area contributed by atoms with Gasteiger partial charge in [-0.1, -0.05) is 0 Å². The summed E-state index contributed by atoms with van der Waals surface area (Å²) in [7, 11) is 0. The number of rotatable bonds is 5. The van der Waals surface area contributed by atoms with Crippen LogP contribution in [0, 0.1) is 18.8 Å². The number of aryl methyl sites for hydroxylation is 1. The minimum atomic E-state index is -0.901. The van der Waals surface area contributed by atoms with E-state index in [9.17, 15) is 9.59 Å². The summed E-state index contributed by atoms with van der Waals surface area (Å²) in [5.41, 5.74) is 1.61. The van der Waals surface area contributed by atoms with E-state index in [1.54, 1.807) is 6.07 Å². The van der Waals surface area contributed by atoms with E-state index in [1.807, 2.05) is 19.1 Å². The summed E-state index contributed by atoms with van der Waals surface area (Å²) in [5, 5.41) is 11.7. The summed E-state index contributed by atoms with van der Waals surface area (Å²) in [6.45, 7) is 3.38. The maximum atomic E-state index is 12.0. The van der Waals surface area contributed by atoms with Gasteiger partial charge in [0.1, 0.15) is 11.9 Å². The second-order valence-corrected chi connectivity index (χ2v) is 6.19. The van der Waals surface area contributed by atoms with Crippen LogP contribution in [0.5, 0.6) is 5.75 Å². The molecule has 0 radical (unpaired) electrons. The van der Waals surface area contributed by atoms with Gasteiger partial charge in [-0.3, -0.25) is 9.59 Å². The van der Waals surface area contributed by atoms with Gasteiger partial charge >= 0.3 is 5.97 Å². The highest BCUT2D eigenvalue weighted by Crippen LogP contribution is 2.39. The third-order valence-electron chi connectivity index (χ3n) is 4.35. The van der Waals surface area contributed by atoms with Gasteiger partial charge in [0, 0.05) is 18.5 Å². The SMILES string of the molecule is Cc1cc(NC(=O)[C@@H]2C[C@@H]2C(=O)O)ccc1OC1CCOCC1. The zero-order chi connectivity index (χ0) is 16.4. The number of hydrogen-bond acceptors (Lipinski definition) is 4. The number of benzene rings is 1. The molecule has 1 heterocycles. The lowest BCUT2D eigenvalue weighted by atomic mass is 10.1. The molecule has 1 aromatic rings. The van der Waals surface area contributed by atoms with E-state index in [0.717, 1.165) is 37.4 Å². The van der Waals surface area contributed by atoms with E-state index < -0.39 is 17.8 Å². The van der Waals surface area contributed by atoms with Gasteiger partial charge in [-0.25, -0.2) is 0 Å². The quantitative estimate of drug-likeness (QED) is 0.869. The molecule has 6 nitrogen and oxygen atoms in total. The van der Waals surface area contributed by atoms with Crippen molar-refractivity contribution in [2.45, 2.75) is 32.3 Å². The van der Waals surface area contributed by atoms with Gasteiger partial charge in [0.05, 0.1) is 25.0 Å². The normalized spacial score (nSPS) is 24.0. The number of carboxylic acids is 1. The molecule has 23 heavy (non-hydrogen) atoms. The molecule has 1 aliphatic heterocycles. The lowest BCUT2D eigenvalue weighted by Crippen LogP contribution is -2.26. The summed E-state index contributed by atoms with van der Waals surface area (Å²) < 4.78 is 11.3. The van der Waals surface area contributed by atoms with Crippen molar-refractivity contribution >= 4 is 17.6 Å². The lowest BCUT2D eigenvalue weighted by molar-refractivity contribution is -0.139. The maximum absolute atomic E-state index is 12.0. The largest absolute Gasteiger partial charge is 0.490 e. The first-order chi connectivity index (χ1) is 11.0. The Morgan fingerprint density at radius 1 is 1.26 bits per heavy atom. The molecule has 0 spiro atoms. The Morgan fingerprint density at radius 3 is 2.61 bits per heavy atom. The van der Waals surface area contributed by atoms with Crippen LogP contribution in [-0.4, -0.2) is 36.3 Å². The molecule has 0 aromatic heterocycles. The lowest BCUT2D eigenvalue weighted by Gasteiger charge is -2.24. The van der Waals surface area contributed by atoms with Crippen molar-refractivity contribution in [2.24, 2.45) is 11.8 Å².